The van der Waals surface area contributed by atoms with E-state index in [1.807, 2.05) is 25.6 Å². The number of hydrogen-bond donors (Lipinski definition) is 2. The predicted octanol–water partition coefficient (Wildman–Crippen LogP) is 1.90. The van der Waals surface area contributed by atoms with Crippen molar-refractivity contribution >= 4 is 29.7 Å². The minimum absolute atomic E-state index is 0.158. The van der Waals surface area contributed by atoms with Crippen molar-refractivity contribution in [1.82, 2.24) is 20.2 Å². The minimum atomic E-state index is -0.158. The van der Waals surface area contributed by atoms with Gasteiger partial charge in [-0.05, 0) is 37.4 Å². The standard InChI is InChI=1S/C11H18N4OS2/c1-8-6-10(9(2)14-13-8)7-17-4-5-18-15-11(16)12-3/h6H,4-5,7H2,1-3H3,(H2,12,15,16). The van der Waals surface area contributed by atoms with Crippen LogP contribution in [-0.4, -0.2) is 34.8 Å². The number of nitrogens with one attached hydrogen (secondary N) is 2. The van der Waals surface area contributed by atoms with Gasteiger partial charge in [-0.2, -0.15) is 22.0 Å². The zero-order valence-corrected chi connectivity index (χ0v) is 12.5. The molecular formula is C11H18N4OS2. The van der Waals surface area contributed by atoms with Gasteiger partial charge in [-0.25, -0.2) is 4.79 Å². The van der Waals surface area contributed by atoms with Crippen molar-refractivity contribution < 1.29 is 4.79 Å². The third-order valence-corrected chi connectivity index (χ3v) is 4.19. The molecule has 1 heterocycles. The molecule has 0 atom stereocenters. The quantitative estimate of drug-likeness (QED) is 0.617. The molecule has 18 heavy (non-hydrogen) atoms. The monoisotopic (exact) mass is 286 g/mol. The maximum atomic E-state index is 10.9. The van der Waals surface area contributed by atoms with Crippen LogP contribution in [0.1, 0.15) is 17.0 Å². The molecule has 0 aromatic carbocycles. The van der Waals surface area contributed by atoms with E-state index in [1.165, 1.54) is 17.5 Å². The average Bonchev–Trinajstić information content (AvgIpc) is 2.37. The molecule has 0 bridgehead atoms. The van der Waals surface area contributed by atoms with Gasteiger partial charge in [0.15, 0.2) is 0 Å². The molecule has 0 spiro atoms. The second kappa shape index (κ2) is 8.20. The van der Waals surface area contributed by atoms with Crippen LogP contribution in [0.2, 0.25) is 0 Å². The lowest BCUT2D eigenvalue weighted by Gasteiger charge is -2.06. The fraction of sp³-hybridized carbons (Fsp3) is 0.545. The summed E-state index contributed by atoms with van der Waals surface area (Å²) in [7, 11) is 1.60. The summed E-state index contributed by atoms with van der Waals surface area (Å²) in [5.74, 6) is 2.80. The van der Waals surface area contributed by atoms with E-state index in [1.54, 1.807) is 7.05 Å². The first-order chi connectivity index (χ1) is 8.63. The molecular weight excluding hydrogens is 268 g/mol. The van der Waals surface area contributed by atoms with Crippen LogP contribution < -0.4 is 10.0 Å². The highest BCUT2D eigenvalue weighted by molar-refractivity contribution is 8.01. The van der Waals surface area contributed by atoms with Crippen LogP contribution in [0, 0.1) is 13.8 Å². The van der Waals surface area contributed by atoms with Crippen LogP contribution in [0.15, 0.2) is 6.07 Å². The molecule has 5 nitrogen and oxygen atoms in total. The van der Waals surface area contributed by atoms with Crippen LogP contribution in [0.4, 0.5) is 4.79 Å². The van der Waals surface area contributed by atoms with Crippen LogP contribution in [0.5, 0.6) is 0 Å². The van der Waals surface area contributed by atoms with E-state index in [0.717, 1.165) is 28.6 Å². The van der Waals surface area contributed by atoms with E-state index in [-0.39, 0.29) is 6.03 Å². The molecule has 1 rings (SSSR count). The van der Waals surface area contributed by atoms with Crippen LogP contribution in [0.25, 0.3) is 0 Å². The van der Waals surface area contributed by atoms with Gasteiger partial charge in [-0.1, -0.05) is 0 Å². The van der Waals surface area contributed by atoms with Crippen molar-refractivity contribution in [3.63, 3.8) is 0 Å². The maximum absolute atomic E-state index is 10.9. The zero-order valence-electron chi connectivity index (χ0n) is 10.8. The molecule has 0 saturated heterocycles. The molecule has 2 N–H and O–H groups in total. The average molecular weight is 286 g/mol. The largest absolute Gasteiger partial charge is 0.341 e. The van der Waals surface area contributed by atoms with Gasteiger partial charge >= 0.3 is 6.03 Å². The first-order valence-electron chi connectivity index (χ1n) is 5.60. The van der Waals surface area contributed by atoms with Gasteiger partial charge in [0.05, 0.1) is 11.4 Å². The van der Waals surface area contributed by atoms with E-state index < -0.39 is 0 Å². The summed E-state index contributed by atoms with van der Waals surface area (Å²) < 4.78 is 2.68. The highest BCUT2D eigenvalue weighted by atomic mass is 32.2. The fourth-order valence-corrected chi connectivity index (χ4v) is 3.00. The van der Waals surface area contributed by atoms with Crippen molar-refractivity contribution in [3.05, 3.63) is 23.0 Å². The van der Waals surface area contributed by atoms with Gasteiger partial charge in [0.25, 0.3) is 0 Å². The summed E-state index contributed by atoms with van der Waals surface area (Å²) >= 11 is 3.25. The molecule has 1 aromatic heterocycles. The van der Waals surface area contributed by atoms with Crippen molar-refractivity contribution in [1.29, 1.82) is 0 Å². The van der Waals surface area contributed by atoms with E-state index >= 15 is 0 Å². The van der Waals surface area contributed by atoms with E-state index in [4.69, 9.17) is 0 Å². The topological polar surface area (TPSA) is 66.9 Å². The Morgan fingerprint density at radius 2 is 2.11 bits per heavy atom. The highest BCUT2D eigenvalue weighted by Gasteiger charge is 2.02. The summed E-state index contributed by atoms with van der Waals surface area (Å²) in [5, 5.41) is 10.6. The van der Waals surface area contributed by atoms with Gasteiger partial charge in [-0.3, -0.25) is 4.72 Å². The van der Waals surface area contributed by atoms with Crippen LogP contribution in [0.3, 0.4) is 0 Å². The number of thioether (sulfide) groups is 1. The predicted molar refractivity (Wildman–Crippen MR) is 77.7 cm³/mol. The number of carbonyl (C=O) groups is 1. The molecule has 0 aliphatic rings. The molecule has 100 valence electrons. The second-order valence-electron chi connectivity index (χ2n) is 3.68. The Kier molecular flexibility index (Phi) is 6.89. The van der Waals surface area contributed by atoms with Crippen molar-refractivity contribution in [2.45, 2.75) is 19.6 Å². The molecule has 1 aromatic rings. The molecule has 0 aliphatic heterocycles. The fourth-order valence-electron chi connectivity index (χ4n) is 1.20. The smallest absolute Gasteiger partial charge is 0.324 e. The normalized spacial score (nSPS) is 10.2. The lowest BCUT2D eigenvalue weighted by Crippen LogP contribution is -2.27. The van der Waals surface area contributed by atoms with Crippen molar-refractivity contribution in [2.24, 2.45) is 0 Å². The molecule has 0 fully saturated rings. The third-order valence-electron chi connectivity index (χ3n) is 2.18. The van der Waals surface area contributed by atoms with Crippen molar-refractivity contribution in [2.75, 3.05) is 18.6 Å². The first kappa shape index (κ1) is 15.1. The Morgan fingerprint density at radius 3 is 2.83 bits per heavy atom. The zero-order chi connectivity index (χ0) is 13.4. The number of nitrogens with zero attached hydrogens (tertiary/aromatic N) is 2. The number of aryl methyl sites for hydroxylation is 2. The van der Waals surface area contributed by atoms with E-state index in [0.29, 0.717) is 0 Å². The van der Waals surface area contributed by atoms with Gasteiger partial charge in [0, 0.05) is 24.3 Å². The summed E-state index contributed by atoms with van der Waals surface area (Å²) in [6.07, 6.45) is 0. The molecule has 7 heteroatoms. The summed E-state index contributed by atoms with van der Waals surface area (Å²) in [6, 6.07) is 1.92. The number of urea groups is 1. The Bertz CT molecular complexity index is 401. The summed E-state index contributed by atoms with van der Waals surface area (Å²) in [4.78, 5) is 10.9. The van der Waals surface area contributed by atoms with Crippen LogP contribution >= 0.6 is 23.7 Å². The third kappa shape index (κ3) is 5.59. The second-order valence-corrected chi connectivity index (χ2v) is 5.68. The molecule has 2 amide bonds. The number of hydrogen-bond acceptors (Lipinski definition) is 5. The number of aromatic nitrogens is 2. The van der Waals surface area contributed by atoms with Gasteiger partial charge < -0.3 is 5.32 Å². The Hall–Kier alpha value is -0.950. The SMILES string of the molecule is CNC(=O)NSCCSCc1cc(C)nnc1C. The first-order valence-corrected chi connectivity index (χ1v) is 7.74. The van der Waals surface area contributed by atoms with E-state index in [2.05, 4.69) is 26.3 Å². The molecule has 0 aliphatic carbocycles. The number of carbonyl (C=O) groups excluding carboxylic acids is 1. The van der Waals surface area contributed by atoms with Gasteiger partial charge in [0.2, 0.25) is 0 Å². The Morgan fingerprint density at radius 1 is 1.33 bits per heavy atom. The number of rotatable bonds is 6. The van der Waals surface area contributed by atoms with Gasteiger partial charge in [0.1, 0.15) is 0 Å². The van der Waals surface area contributed by atoms with Gasteiger partial charge in [-0.15, -0.1) is 0 Å². The summed E-state index contributed by atoms with van der Waals surface area (Å²) in [5.41, 5.74) is 3.17. The Labute approximate surface area is 116 Å². The highest BCUT2D eigenvalue weighted by Crippen LogP contribution is 2.15. The van der Waals surface area contributed by atoms with Crippen LogP contribution in [-0.2, 0) is 5.75 Å². The van der Waals surface area contributed by atoms with Crippen molar-refractivity contribution in [3.8, 4) is 0 Å². The minimum Gasteiger partial charge on any atom is -0.341 e. The Balaban J connectivity index is 2.18. The molecule has 0 radical (unpaired) electrons. The lowest BCUT2D eigenvalue weighted by atomic mass is 10.2. The lowest BCUT2D eigenvalue weighted by molar-refractivity contribution is 0.248. The van der Waals surface area contributed by atoms with E-state index in [9.17, 15) is 4.79 Å². The molecule has 0 saturated carbocycles. The molecule has 0 unspecified atom stereocenters. The maximum Gasteiger partial charge on any atom is 0.324 e. The summed E-state index contributed by atoms with van der Waals surface area (Å²) in [6.45, 7) is 3.92. The number of amides is 2.